The summed E-state index contributed by atoms with van der Waals surface area (Å²) in [6.45, 7) is 4.96. The van der Waals surface area contributed by atoms with Crippen molar-refractivity contribution in [2.75, 3.05) is 19.6 Å². The number of nitrogens with one attached hydrogen (secondary N) is 1. The molecule has 1 fully saturated rings. The van der Waals surface area contributed by atoms with Gasteiger partial charge in [0, 0.05) is 24.7 Å². The van der Waals surface area contributed by atoms with Crippen molar-refractivity contribution in [3.05, 3.63) is 34.9 Å². The summed E-state index contributed by atoms with van der Waals surface area (Å²) in [4.78, 5) is 6.70. The number of hydrogen-bond acceptors (Lipinski definition) is 2. The van der Waals surface area contributed by atoms with E-state index in [0.29, 0.717) is 13.1 Å². The van der Waals surface area contributed by atoms with E-state index in [9.17, 15) is 5.11 Å². The minimum absolute atomic E-state index is 0.241. The third kappa shape index (κ3) is 4.11. The average Bonchev–Trinajstić information content (AvgIpc) is 2.81. The van der Waals surface area contributed by atoms with Crippen LogP contribution in [0.25, 0.3) is 0 Å². The highest BCUT2D eigenvalue weighted by atomic mass is 35.5. The number of nitrogens with zero attached hydrogens (tertiary/aromatic N) is 2. The van der Waals surface area contributed by atoms with Crippen LogP contribution in [-0.4, -0.2) is 41.7 Å². The van der Waals surface area contributed by atoms with Gasteiger partial charge in [0.05, 0.1) is 12.6 Å². The summed E-state index contributed by atoms with van der Waals surface area (Å²) in [5.41, 5.74) is 1.09. The van der Waals surface area contributed by atoms with Crippen molar-refractivity contribution in [2.45, 2.75) is 26.0 Å². The number of guanidine groups is 1. The number of aliphatic hydroxyl groups excluding tert-OH is 1. The third-order valence-electron chi connectivity index (χ3n) is 3.10. The van der Waals surface area contributed by atoms with Gasteiger partial charge in [-0.25, -0.2) is 4.99 Å². The lowest BCUT2D eigenvalue weighted by Gasteiger charge is -2.20. The molecule has 0 aromatic heterocycles. The minimum Gasteiger partial charge on any atom is -0.391 e. The number of likely N-dealkylation sites (tertiary alicyclic amines) is 1. The molecule has 0 radical (unpaired) electrons. The van der Waals surface area contributed by atoms with Gasteiger partial charge in [-0.3, -0.25) is 0 Å². The van der Waals surface area contributed by atoms with E-state index in [1.807, 2.05) is 31.2 Å². The first kappa shape index (κ1) is 14.2. The van der Waals surface area contributed by atoms with Crippen LogP contribution in [0.15, 0.2) is 29.3 Å². The van der Waals surface area contributed by atoms with E-state index in [4.69, 9.17) is 11.6 Å². The maximum absolute atomic E-state index is 9.60. The summed E-state index contributed by atoms with van der Waals surface area (Å²) >= 11 is 5.96. The molecule has 104 valence electrons. The van der Waals surface area contributed by atoms with Crippen LogP contribution in [0, 0.1) is 0 Å². The van der Waals surface area contributed by atoms with Gasteiger partial charge in [-0.2, -0.15) is 0 Å². The predicted molar refractivity (Wildman–Crippen MR) is 78.5 cm³/mol. The second kappa shape index (κ2) is 6.78. The Hall–Kier alpha value is -1.26. The lowest BCUT2D eigenvalue weighted by Crippen LogP contribution is -2.40. The van der Waals surface area contributed by atoms with Crippen LogP contribution in [0.3, 0.4) is 0 Å². The van der Waals surface area contributed by atoms with Crippen LogP contribution >= 0.6 is 11.6 Å². The van der Waals surface area contributed by atoms with Crippen LogP contribution in [0.2, 0.25) is 5.02 Å². The van der Waals surface area contributed by atoms with Crippen LogP contribution in [0.4, 0.5) is 0 Å². The van der Waals surface area contributed by atoms with Crippen molar-refractivity contribution < 1.29 is 5.11 Å². The van der Waals surface area contributed by atoms with Gasteiger partial charge in [-0.1, -0.05) is 23.7 Å². The number of hydrogen-bond donors (Lipinski definition) is 2. The Morgan fingerprint density at radius 1 is 1.58 bits per heavy atom. The number of benzene rings is 1. The molecule has 1 aliphatic rings. The molecule has 5 heteroatoms. The van der Waals surface area contributed by atoms with Gasteiger partial charge < -0.3 is 15.3 Å². The van der Waals surface area contributed by atoms with Crippen molar-refractivity contribution in [3.63, 3.8) is 0 Å². The fraction of sp³-hybridized carbons (Fsp3) is 0.500. The van der Waals surface area contributed by atoms with Crippen LogP contribution in [0.5, 0.6) is 0 Å². The number of rotatable bonds is 3. The van der Waals surface area contributed by atoms with Gasteiger partial charge in [-0.05, 0) is 31.0 Å². The summed E-state index contributed by atoms with van der Waals surface area (Å²) in [6, 6.07) is 7.72. The second-order valence-corrected chi connectivity index (χ2v) is 5.13. The normalized spacial score (nSPS) is 19.8. The highest BCUT2D eigenvalue weighted by Crippen LogP contribution is 2.13. The molecule has 1 atom stereocenters. The molecular weight excluding hydrogens is 262 g/mol. The summed E-state index contributed by atoms with van der Waals surface area (Å²) in [7, 11) is 0. The lowest BCUT2D eigenvalue weighted by molar-refractivity contribution is 0.188. The molecule has 0 bridgehead atoms. The highest BCUT2D eigenvalue weighted by molar-refractivity contribution is 6.30. The molecule has 4 nitrogen and oxygen atoms in total. The average molecular weight is 282 g/mol. The molecular formula is C14H20ClN3O. The molecule has 1 aromatic rings. The smallest absolute Gasteiger partial charge is 0.194 e. The Morgan fingerprint density at radius 3 is 3.05 bits per heavy atom. The Labute approximate surface area is 119 Å². The summed E-state index contributed by atoms with van der Waals surface area (Å²) in [6.07, 6.45) is 0.566. The maximum Gasteiger partial charge on any atom is 0.194 e. The van der Waals surface area contributed by atoms with Gasteiger partial charge in [-0.15, -0.1) is 0 Å². The molecule has 0 aliphatic carbocycles. The topological polar surface area (TPSA) is 47.9 Å². The van der Waals surface area contributed by atoms with E-state index in [0.717, 1.165) is 36.1 Å². The lowest BCUT2D eigenvalue weighted by atomic mass is 10.2. The highest BCUT2D eigenvalue weighted by Gasteiger charge is 2.22. The Kier molecular flexibility index (Phi) is 5.05. The molecule has 2 N–H and O–H groups in total. The summed E-state index contributed by atoms with van der Waals surface area (Å²) < 4.78 is 0. The zero-order valence-corrected chi connectivity index (χ0v) is 11.9. The zero-order valence-electron chi connectivity index (χ0n) is 11.1. The van der Waals surface area contributed by atoms with Crippen molar-refractivity contribution in [1.29, 1.82) is 0 Å². The van der Waals surface area contributed by atoms with Gasteiger partial charge >= 0.3 is 0 Å². The van der Waals surface area contributed by atoms with Crippen molar-refractivity contribution in [3.8, 4) is 0 Å². The second-order valence-electron chi connectivity index (χ2n) is 4.69. The molecule has 1 saturated heterocycles. The fourth-order valence-electron chi connectivity index (χ4n) is 2.16. The molecule has 0 saturated carbocycles. The summed E-state index contributed by atoms with van der Waals surface area (Å²) in [5.74, 6) is 0.860. The molecule has 1 aliphatic heterocycles. The maximum atomic E-state index is 9.60. The SMILES string of the molecule is CCNC(=NCc1cccc(Cl)c1)N1CC[C@@H](O)C1. The quantitative estimate of drug-likeness (QED) is 0.657. The molecule has 0 amide bonds. The molecule has 0 spiro atoms. The standard InChI is InChI=1S/C14H20ClN3O/c1-2-16-14(18-7-6-13(19)10-18)17-9-11-4-3-5-12(15)8-11/h3-5,8,13,19H,2,6-7,9-10H2,1H3,(H,16,17)/t13-/m1/s1. The van der Waals surface area contributed by atoms with E-state index < -0.39 is 0 Å². The van der Waals surface area contributed by atoms with E-state index in [1.54, 1.807) is 0 Å². The molecule has 19 heavy (non-hydrogen) atoms. The first-order chi connectivity index (χ1) is 9.19. The van der Waals surface area contributed by atoms with Gasteiger partial charge in [0.1, 0.15) is 0 Å². The van der Waals surface area contributed by atoms with Gasteiger partial charge in [0.2, 0.25) is 0 Å². The predicted octanol–water partition coefficient (Wildman–Crippen LogP) is 1.87. The minimum atomic E-state index is -0.241. The Balaban J connectivity index is 2.04. The number of aliphatic imine (C=N–C) groups is 1. The number of halogens is 1. The third-order valence-corrected chi connectivity index (χ3v) is 3.33. The molecule has 1 heterocycles. The number of aliphatic hydroxyl groups is 1. The van der Waals surface area contributed by atoms with Crippen LogP contribution in [0.1, 0.15) is 18.9 Å². The monoisotopic (exact) mass is 281 g/mol. The Morgan fingerprint density at radius 2 is 2.42 bits per heavy atom. The molecule has 0 unspecified atom stereocenters. The summed E-state index contributed by atoms with van der Waals surface area (Å²) in [5, 5.41) is 13.6. The van der Waals surface area contributed by atoms with Crippen molar-refractivity contribution in [2.24, 2.45) is 4.99 Å². The van der Waals surface area contributed by atoms with Crippen LogP contribution < -0.4 is 5.32 Å². The number of β-amino-alcohol motifs (C(OH)–C–C–N with tert-alkyl or cyclic N) is 1. The van der Waals surface area contributed by atoms with Gasteiger partial charge in [0.25, 0.3) is 0 Å². The first-order valence-corrected chi connectivity index (χ1v) is 7.02. The van der Waals surface area contributed by atoms with Crippen LogP contribution in [-0.2, 0) is 6.54 Å². The van der Waals surface area contributed by atoms with E-state index in [2.05, 4.69) is 15.2 Å². The van der Waals surface area contributed by atoms with Crippen molar-refractivity contribution >= 4 is 17.6 Å². The zero-order chi connectivity index (χ0) is 13.7. The van der Waals surface area contributed by atoms with Gasteiger partial charge in [0.15, 0.2) is 5.96 Å². The van der Waals surface area contributed by atoms with Crippen molar-refractivity contribution in [1.82, 2.24) is 10.2 Å². The van der Waals surface area contributed by atoms with E-state index in [-0.39, 0.29) is 6.10 Å². The Bertz CT molecular complexity index is 450. The fourth-order valence-corrected chi connectivity index (χ4v) is 2.37. The van der Waals surface area contributed by atoms with E-state index >= 15 is 0 Å². The molecule has 1 aromatic carbocycles. The molecule has 2 rings (SSSR count). The van der Waals surface area contributed by atoms with E-state index in [1.165, 1.54) is 0 Å². The first-order valence-electron chi connectivity index (χ1n) is 6.65. The largest absolute Gasteiger partial charge is 0.391 e.